The third kappa shape index (κ3) is 6.58. The molecule has 1 N–H and O–H groups in total. The number of hydrogen-bond donors (Lipinski definition) is 1. The number of rotatable bonds is 10. The summed E-state index contributed by atoms with van der Waals surface area (Å²) >= 11 is 0. The Balaban J connectivity index is 2.21. The van der Waals surface area contributed by atoms with Gasteiger partial charge in [0.05, 0.1) is 6.10 Å². The SMILES string of the molecule is CCCCCCCCOC1C(C)CC(C)CC1NCC. The van der Waals surface area contributed by atoms with E-state index in [9.17, 15) is 0 Å². The highest BCUT2D eigenvalue weighted by molar-refractivity contribution is 4.88. The quantitative estimate of drug-likeness (QED) is 0.583. The van der Waals surface area contributed by atoms with Crippen molar-refractivity contribution in [2.75, 3.05) is 13.2 Å². The molecule has 20 heavy (non-hydrogen) atoms. The lowest BCUT2D eigenvalue weighted by Crippen LogP contribution is -2.49. The van der Waals surface area contributed by atoms with E-state index in [2.05, 4.69) is 33.0 Å². The summed E-state index contributed by atoms with van der Waals surface area (Å²) in [5, 5.41) is 3.64. The second-order valence-corrected chi connectivity index (χ2v) is 6.82. The molecule has 0 aromatic rings. The van der Waals surface area contributed by atoms with E-state index < -0.39 is 0 Å². The van der Waals surface area contributed by atoms with Crippen molar-refractivity contribution in [1.82, 2.24) is 5.32 Å². The first kappa shape index (κ1) is 18.0. The average molecular weight is 284 g/mol. The van der Waals surface area contributed by atoms with Gasteiger partial charge in [-0.25, -0.2) is 0 Å². The van der Waals surface area contributed by atoms with E-state index in [1.54, 1.807) is 0 Å². The lowest BCUT2D eigenvalue weighted by atomic mass is 9.78. The zero-order valence-electron chi connectivity index (χ0n) is 14.3. The minimum absolute atomic E-state index is 0.432. The van der Waals surface area contributed by atoms with Crippen LogP contribution in [0.25, 0.3) is 0 Å². The van der Waals surface area contributed by atoms with Crippen LogP contribution in [0.4, 0.5) is 0 Å². The Morgan fingerprint density at radius 3 is 2.35 bits per heavy atom. The monoisotopic (exact) mass is 283 g/mol. The predicted molar refractivity (Wildman–Crippen MR) is 88.1 cm³/mol. The molecule has 0 heterocycles. The second-order valence-electron chi connectivity index (χ2n) is 6.82. The van der Waals surface area contributed by atoms with Crippen LogP contribution in [-0.2, 0) is 4.74 Å². The fourth-order valence-electron chi connectivity index (χ4n) is 3.67. The summed E-state index contributed by atoms with van der Waals surface area (Å²) in [6.07, 6.45) is 11.1. The predicted octanol–water partition coefficient (Wildman–Crippen LogP) is 4.78. The van der Waals surface area contributed by atoms with E-state index in [4.69, 9.17) is 4.74 Å². The lowest BCUT2D eigenvalue weighted by Gasteiger charge is -2.39. The van der Waals surface area contributed by atoms with Crippen LogP contribution in [0.3, 0.4) is 0 Å². The van der Waals surface area contributed by atoms with Crippen LogP contribution in [0, 0.1) is 11.8 Å². The van der Waals surface area contributed by atoms with Crippen LogP contribution in [-0.4, -0.2) is 25.3 Å². The maximum atomic E-state index is 6.25. The van der Waals surface area contributed by atoms with E-state index in [1.165, 1.54) is 51.4 Å². The summed E-state index contributed by atoms with van der Waals surface area (Å²) in [6.45, 7) is 11.2. The van der Waals surface area contributed by atoms with Crippen molar-refractivity contribution in [3.8, 4) is 0 Å². The van der Waals surface area contributed by atoms with Gasteiger partial charge in [0.15, 0.2) is 0 Å². The van der Waals surface area contributed by atoms with Gasteiger partial charge in [-0.3, -0.25) is 0 Å². The molecule has 0 amide bonds. The van der Waals surface area contributed by atoms with Gasteiger partial charge in [0.2, 0.25) is 0 Å². The molecule has 1 saturated carbocycles. The molecular formula is C18H37NO. The van der Waals surface area contributed by atoms with Gasteiger partial charge >= 0.3 is 0 Å². The first-order valence-corrected chi connectivity index (χ1v) is 9.04. The van der Waals surface area contributed by atoms with Gasteiger partial charge in [0.1, 0.15) is 0 Å². The maximum Gasteiger partial charge on any atom is 0.0753 e. The summed E-state index contributed by atoms with van der Waals surface area (Å²) in [4.78, 5) is 0. The van der Waals surface area contributed by atoms with Crippen LogP contribution >= 0.6 is 0 Å². The molecule has 4 atom stereocenters. The molecule has 120 valence electrons. The van der Waals surface area contributed by atoms with E-state index in [-0.39, 0.29) is 0 Å². The molecule has 1 rings (SSSR count). The average Bonchev–Trinajstić information content (AvgIpc) is 2.40. The van der Waals surface area contributed by atoms with Crippen LogP contribution in [0.1, 0.15) is 79.1 Å². The van der Waals surface area contributed by atoms with Crippen LogP contribution in [0.5, 0.6) is 0 Å². The van der Waals surface area contributed by atoms with Gasteiger partial charge in [0.25, 0.3) is 0 Å². The van der Waals surface area contributed by atoms with Crippen molar-refractivity contribution in [3.63, 3.8) is 0 Å². The molecule has 2 nitrogen and oxygen atoms in total. The van der Waals surface area contributed by atoms with Gasteiger partial charge in [-0.1, -0.05) is 59.8 Å². The molecule has 1 fully saturated rings. The van der Waals surface area contributed by atoms with Crippen molar-refractivity contribution >= 4 is 0 Å². The molecule has 0 spiro atoms. The van der Waals surface area contributed by atoms with Gasteiger partial charge in [-0.15, -0.1) is 0 Å². The summed E-state index contributed by atoms with van der Waals surface area (Å²) < 4.78 is 6.25. The first-order valence-electron chi connectivity index (χ1n) is 9.04. The fourth-order valence-corrected chi connectivity index (χ4v) is 3.67. The van der Waals surface area contributed by atoms with Crippen molar-refractivity contribution in [1.29, 1.82) is 0 Å². The standard InChI is InChI=1S/C18H37NO/c1-5-7-8-9-10-11-12-20-18-16(4)13-15(3)14-17(18)19-6-2/h15-19H,5-14H2,1-4H3. The third-order valence-corrected chi connectivity index (χ3v) is 4.66. The van der Waals surface area contributed by atoms with E-state index in [1.807, 2.05) is 0 Å². The summed E-state index contributed by atoms with van der Waals surface area (Å²) in [5.41, 5.74) is 0. The van der Waals surface area contributed by atoms with Crippen molar-refractivity contribution < 1.29 is 4.74 Å². The molecule has 0 saturated heterocycles. The smallest absolute Gasteiger partial charge is 0.0753 e. The van der Waals surface area contributed by atoms with Crippen LogP contribution < -0.4 is 5.32 Å². The van der Waals surface area contributed by atoms with Crippen LogP contribution in [0.2, 0.25) is 0 Å². The highest BCUT2D eigenvalue weighted by Crippen LogP contribution is 2.31. The third-order valence-electron chi connectivity index (χ3n) is 4.66. The molecular weight excluding hydrogens is 246 g/mol. The van der Waals surface area contributed by atoms with Crippen molar-refractivity contribution in [2.45, 2.75) is 91.2 Å². The number of ether oxygens (including phenoxy) is 1. The highest BCUT2D eigenvalue weighted by Gasteiger charge is 2.33. The molecule has 0 radical (unpaired) electrons. The van der Waals surface area contributed by atoms with Gasteiger partial charge in [0, 0.05) is 12.6 Å². The largest absolute Gasteiger partial charge is 0.376 e. The molecule has 0 bridgehead atoms. The Hall–Kier alpha value is -0.0800. The zero-order valence-corrected chi connectivity index (χ0v) is 14.3. The number of hydrogen-bond acceptors (Lipinski definition) is 2. The van der Waals surface area contributed by atoms with Crippen molar-refractivity contribution in [3.05, 3.63) is 0 Å². The number of nitrogens with one attached hydrogen (secondary N) is 1. The van der Waals surface area contributed by atoms with Crippen molar-refractivity contribution in [2.24, 2.45) is 11.8 Å². The normalized spacial score (nSPS) is 30.6. The molecule has 0 aromatic carbocycles. The first-order chi connectivity index (χ1) is 9.69. The Bertz CT molecular complexity index is 231. The zero-order chi connectivity index (χ0) is 14.8. The summed E-state index contributed by atoms with van der Waals surface area (Å²) in [7, 11) is 0. The molecule has 0 aliphatic heterocycles. The minimum Gasteiger partial charge on any atom is -0.376 e. The van der Waals surface area contributed by atoms with E-state index in [0.29, 0.717) is 18.1 Å². The fraction of sp³-hybridized carbons (Fsp3) is 1.00. The topological polar surface area (TPSA) is 21.3 Å². The molecule has 1 aliphatic rings. The lowest BCUT2D eigenvalue weighted by molar-refractivity contribution is -0.0385. The molecule has 0 aromatic heterocycles. The molecule has 4 unspecified atom stereocenters. The van der Waals surface area contributed by atoms with Gasteiger partial charge in [-0.05, 0) is 37.6 Å². The maximum absolute atomic E-state index is 6.25. The Labute approximate surface area is 127 Å². The Morgan fingerprint density at radius 2 is 1.65 bits per heavy atom. The number of likely N-dealkylation sites (N-methyl/N-ethyl adjacent to an activating group) is 1. The molecule has 2 heteroatoms. The molecule has 1 aliphatic carbocycles. The van der Waals surface area contributed by atoms with E-state index in [0.717, 1.165) is 19.1 Å². The minimum atomic E-state index is 0.432. The Morgan fingerprint density at radius 1 is 0.950 bits per heavy atom. The summed E-state index contributed by atoms with van der Waals surface area (Å²) in [6, 6.07) is 0.568. The van der Waals surface area contributed by atoms with Crippen LogP contribution in [0.15, 0.2) is 0 Å². The second kappa shape index (κ2) is 10.6. The van der Waals surface area contributed by atoms with Gasteiger partial charge in [-0.2, -0.15) is 0 Å². The highest BCUT2D eigenvalue weighted by atomic mass is 16.5. The Kier molecular flexibility index (Phi) is 9.54. The summed E-state index contributed by atoms with van der Waals surface area (Å²) in [5.74, 6) is 1.53. The van der Waals surface area contributed by atoms with E-state index >= 15 is 0 Å². The van der Waals surface area contributed by atoms with Gasteiger partial charge < -0.3 is 10.1 Å². The number of unbranched alkanes of at least 4 members (excludes halogenated alkanes) is 5.